The Labute approximate surface area is 131 Å². The minimum Gasteiger partial charge on any atom is -0.409 e. The van der Waals surface area contributed by atoms with Gasteiger partial charge >= 0.3 is 0 Å². The molecule has 0 bridgehead atoms. The second kappa shape index (κ2) is 8.08. The van der Waals surface area contributed by atoms with Crippen LogP contribution in [0.3, 0.4) is 0 Å². The Morgan fingerprint density at radius 2 is 2.05 bits per heavy atom. The van der Waals surface area contributed by atoms with Gasteiger partial charge in [-0.3, -0.25) is 0 Å². The van der Waals surface area contributed by atoms with Crippen LogP contribution in [0.25, 0.3) is 0 Å². The Bertz CT molecular complexity index is 487. The second-order valence-electron chi connectivity index (χ2n) is 5.50. The van der Waals surface area contributed by atoms with Crippen LogP contribution in [0.4, 0.5) is 5.82 Å². The molecule has 1 rings (SSSR count). The van der Waals surface area contributed by atoms with Crippen molar-refractivity contribution in [3.8, 4) is 0 Å². The molecule has 3 N–H and O–H groups in total. The first kappa shape index (κ1) is 17.6. The quantitative estimate of drug-likeness (QED) is 0.350. The van der Waals surface area contributed by atoms with Gasteiger partial charge in [0.15, 0.2) is 5.84 Å². The lowest BCUT2D eigenvalue weighted by molar-refractivity contribution is 0.318. The van der Waals surface area contributed by atoms with E-state index in [0.717, 1.165) is 19.4 Å². The summed E-state index contributed by atoms with van der Waals surface area (Å²) in [5, 5.41) is 12.3. The zero-order valence-corrected chi connectivity index (χ0v) is 13.9. The summed E-state index contributed by atoms with van der Waals surface area (Å²) in [6, 6.07) is 2.02. The molecule has 1 heterocycles. The number of hydrogen-bond acceptors (Lipinski definition) is 4. The molecular weight excluding hydrogens is 288 g/mol. The van der Waals surface area contributed by atoms with Crippen LogP contribution in [-0.2, 0) is 0 Å². The van der Waals surface area contributed by atoms with Gasteiger partial charge in [-0.05, 0) is 24.8 Å². The van der Waals surface area contributed by atoms with Crippen LogP contribution < -0.4 is 10.6 Å². The molecule has 0 atom stereocenters. The van der Waals surface area contributed by atoms with Gasteiger partial charge in [0, 0.05) is 24.3 Å². The van der Waals surface area contributed by atoms with E-state index < -0.39 is 0 Å². The molecule has 0 spiro atoms. The molecule has 21 heavy (non-hydrogen) atoms. The molecule has 5 nitrogen and oxygen atoms in total. The topological polar surface area (TPSA) is 74.7 Å². The fourth-order valence-electron chi connectivity index (χ4n) is 2.42. The summed E-state index contributed by atoms with van der Waals surface area (Å²) in [6.07, 6.45) is 3.66. The third kappa shape index (κ3) is 4.24. The van der Waals surface area contributed by atoms with Crippen LogP contribution in [-0.4, -0.2) is 28.6 Å². The number of anilines is 1. The highest BCUT2D eigenvalue weighted by atomic mass is 35.5. The van der Waals surface area contributed by atoms with Crippen molar-refractivity contribution < 1.29 is 5.21 Å². The molecule has 0 aliphatic rings. The standard InChI is InChI=1S/C15H25ClN4O/c1-5-11(6-2)20(9-10(3)4)15-13(16)12(7-8-18-15)14(17)19-21/h7-8,10-11,21H,5-6,9H2,1-4H3,(H2,17,19). The summed E-state index contributed by atoms with van der Waals surface area (Å²) in [5.74, 6) is 1.18. The number of pyridine rings is 1. The van der Waals surface area contributed by atoms with Gasteiger partial charge in [-0.15, -0.1) is 0 Å². The van der Waals surface area contributed by atoms with Gasteiger partial charge in [-0.1, -0.05) is 44.5 Å². The van der Waals surface area contributed by atoms with E-state index >= 15 is 0 Å². The van der Waals surface area contributed by atoms with E-state index in [1.54, 1.807) is 12.3 Å². The molecule has 0 saturated heterocycles. The number of nitrogens with zero attached hydrogens (tertiary/aromatic N) is 3. The average Bonchev–Trinajstić information content (AvgIpc) is 2.46. The van der Waals surface area contributed by atoms with E-state index in [0.29, 0.717) is 28.4 Å². The summed E-state index contributed by atoms with van der Waals surface area (Å²) in [4.78, 5) is 6.65. The number of oxime groups is 1. The predicted molar refractivity (Wildman–Crippen MR) is 88.3 cm³/mol. The molecule has 0 aliphatic carbocycles. The van der Waals surface area contributed by atoms with E-state index in [4.69, 9.17) is 22.5 Å². The van der Waals surface area contributed by atoms with Gasteiger partial charge in [-0.25, -0.2) is 4.98 Å². The van der Waals surface area contributed by atoms with Gasteiger partial charge in [0.05, 0.1) is 5.02 Å². The molecule has 1 aromatic heterocycles. The van der Waals surface area contributed by atoms with Gasteiger partial charge in [0.1, 0.15) is 5.82 Å². The van der Waals surface area contributed by atoms with Crippen LogP contribution in [0.2, 0.25) is 5.02 Å². The Morgan fingerprint density at radius 1 is 1.43 bits per heavy atom. The highest BCUT2D eigenvalue weighted by molar-refractivity contribution is 6.36. The number of amidine groups is 1. The number of hydrogen-bond donors (Lipinski definition) is 2. The third-order valence-electron chi connectivity index (χ3n) is 3.47. The smallest absolute Gasteiger partial charge is 0.171 e. The first-order valence-corrected chi connectivity index (χ1v) is 7.72. The van der Waals surface area contributed by atoms with Crippen molar-refractivity contribution in [3.63, 3.8) is 0 Å². The van der Waals surface area contributed by atoms with Crippen molar-refractivity contribution in [2.24, 2.45) is 16.8 Å². The van der Waals surface area contributed by atoms with Crippen LogP contribution in [0.15, 0.2) is 17.4 Å². The van der Waals surface area contributed by atoms with Crippen LogP contribution in [0.5, 0.6) is 0 Å². The minimum atomic E-state index is -0.00214. The Hall–Kier alpha value is -1.49. The van der Waals surface area contributed by atoms with Crippen molar-refractivity contribution in [1.82, 2.24) is 4.98 Å². The highest BCUT2D eigenvalue weighted by Crippen LogP contribution is 2.30. The molecule has 0 fully saturated rings. The van der Waals surface area contributed by atoms with E-state index in [1.165, 1.54) is 0 Å². The van der Waals surface area contributed by atoms with Gasteiger partial charge in [0.25, 0.3) is 0 Å². The van der Waals surface area contributed by atoms with E-state index in [1.807, 2.05) is 0 Å². The van der Waals surface area contributed by atoms with Gasteiger partial charge in [0.2, 0.25) is 0 Å². The number of nitrogens with two attached hydrogens (primary N) is 1. The van der Waals surface area contributed by atoms with Crippen molar-refractivity contribution in [1.29, 1.82) is 0 Å². The predicted octanol–water partition coefficient (Wildman–Crippen LogP) is 3.48. The molecule has 118 valence electrons. The summed E-state index contributed by atoms with van der Waals surface area (Å²) in [7, 11) is 0. The first-order chi connectivity index (χ1) is 9.96. The van der Waals surface area contributed by atoms with E-state index in [2.05, 4.69) is 42.7 Å². The maximum atomic E-state index is 8.86. The molecule has 6 heteroatoms. The minimum absolute atomic E-state index is 0.00214. The summed E-state index contributed by atoms with van der Waals surface area (Å²) in [6.45, 7) is 9.50. The number of rotatable bonds is 7. The molecule has 1 aromatic rings. The van der Waals surface area contributed by atoms with Crippen molar-refractivity contribution in [2.75, 3.05) is 11.4 Å². The molecular formula is C15H25ClN4O. The maximum Gasteiger partial charge on any atom is 0.171 e. The zero-order valence-electron chi connectivity index (χ0n) is 13.2. The van der Waals surface area contributed by atoms with Crippen molar-refractivity contribution in [2.45, 2.75) is 46.6 Å². The number of halogens is 1. The van der Waals surface area contributed by atoms with Gasteiger partial charge in [-0.2, -0.15) is 0 Å². The average molecular weight is 313 g/mol. The molecule has 0 unspecified atom stereocenters. The Morgan fingerprint density at radius 3 is 2.52 bits per heavy atom. The molecule has 0 amide bonds. The van der Waals surface area contributed by atoms with Crippen LogP contribution in [0.1, 0.15) is 46.1 Å². The zero-order chi connectivity index (χ0) is 16.0. The highest BCUT2D eigenvalue weighted by Gasteiger charge is 2.22. The number of aromatic nitrogens is 1. The van der Waals surface area contributed by atoms with E-state index in [-0.39, 0.29) is 5.84 Å². The Kier molecular flexibility index (Phi) is 6.75. The monoisotopic (exact) mass is 312 g/mol. The van der Waals surface area contributed by atoms with Crippen LogP contribution in [0, 0.1) is 5.92 Å². The second-order valence-corrected chi connectivity index (χ2v) is 5.88. The molecule has 0 aliphatic heterocycles. The molecule has 0 saturated carbocycles. The largest absolute Gasteiger partial charge is 0.409 e. The SMILES string of the molecule is CCC(CC)N(CC(C)C)c1nccc(/C(N)=N/O)c1Cl. The van der Waals surface area contributed by atoms with Crippen LogP contribution >= 0.6 is 11.6 Å². The summed E-state index contributed by atoms with van der Waals surface area (Å²) >= 11 is 6.44. The first-order valence-electron chi connectivity index (χ1n) is 7.35. The van der Waals surface area contributed by atoms with Crippen molar-refractivity contribution >= 4 is 23.3 Å². The third-order valence-corrected chi connectivity index (χ3v) is 3.84. The lowest BCUT2D eigenvalue weighted by atomic mass is 10.1. The van der Waals surface area contributed by atoms with Crippen molar-refractivity contribution in [3.05, 3.63) is 22.8 Å². The summed E-state index contributed by atoms with van der Waals surface area (Å²) in [5.41, 5.74) is 6.18. The summed E-state index contributed by atoms with van der Waals surface area (Å²) < 4.78 is 0. The van der Waals surface area contributed by atoms with E-state index in [9.17, 15) is 0 Å². The molecule has 0 aromatic carbocycles. The fraction of sp³-hybridized carbons (Fsp3) is 0.600. The normalized spacial score (nSPS) is 12.2. The molecule has 0 radical (unpaired) electrons. The maximum absolute atomic E-state index is 8.86. The fourth-order valence-corrected chi connectivity index (χ4v) is 2.73. The lowest BCUT2D eigenvalue weighted by Crippen LogP contribution is -2.38. The van der Waals surface area contributed by atoms with Gasteiger partial charge < -0.3 is 15.8 Å². The lowest BCUT2D eigenvalue weighted by Gasteiger charge is -2.34. The Balaban J connectivity index is 3.30.